The van der Waals surface area contributed by atoms with E-state index in [1.807, 2.05) is 13.8 Å². The van der Waals surface area contributed by atoms with Crippen LogP contribution < -0.4 is 9.47 Å². The highest BCUT2D eigenvalue weighted by atomic mass is 35.7. The van der Waals surface area contributed by atoms with E-state index in [0.29, 0.717) is 11.5 Å². The maximum absolute atomic E-state index is 11.0. The van der Waals surface area contributed by atoms with Gasteiger partial charge in [0, 0.05) is 16.7 Å². The fourth-order valence-corrected chi connectivity index (χ4v) is 1.73. The molecule has 0 unspecified atom stereocenters. The minimum Gasteiger partial charge on any atom is -0.493 e. The van der Waals surface area contributed by atoms with Crippen molar-refractivity contribution in [3.63, 3.8) is 0 Å². The summed E-state index contributed by atoms with van der Waals surface area (Å²) in [5.74, 6) is 0.783. The summed E-state index contributed by atoms with van der Waals surface area (Å²) in [4.78, 5) is -0.0168. The summed E-state index contributed by atoms with van der Waals surface area (Å²) in [7, 11) is 4.32. The van der Waals surface area contributed by atoms with Crippen LogP contribution in [0.25, 0.3) is 0 Å². The Morgan fingerprint density at radius 3 is 1.94 bits per heavy atom. The molecule has 0 saturated carbocycles. The number of hydrogen-bond acceptors (Lipinski definition) is 4. The number of rotatable bonds is 3. The van der Waals surface area contributed by atoms with Gasteiger partial charge in [0.1, 0.15) is 0 Å². The van der Waals surface area contributed by atoms with Gasteiger partial charge >= 0.3 is 0 Å². The summed E-state index contributed by atoms with van der Waals surface area (Å²) < 4.78 is 31.8. The lowest BCUT2D eigenvalue weighted by molar-refractivity contribution is 0.354. The van der Waals surface area contributed by atoms with Crippen molar-refractivity contribution in [1.82, 2.24) is 0 Å². The van der Waals surface area contributed by atoms with Gasteiger partial charge in [0.25, 0.3) is 9.05 Å². The molecule has 0 atom stereocenters. The molecule has 0 amide bonds. The van der Waals surface area contributed by atoms with Gasteiger partial charge in [0.15, 0.2) is 11.5 Å². The first-order valence-electron chi connectivity index (χ1n) is 4.65. The van der Waals surface area contributed by atoms with Gasteiger partial charge < -0.3 is 9.47 Å². The molecule has 4 nitrogen and oxygen atoms in total. The zero-order chi connectivity index (χ0) is 12.8. The molecule has 0 aliphatic heterocycles. The number of methoxy groups -OCH3 is 2. The van der Waals surface area contributed by atoms with Crippen molar-refractivity contribution in [2.45, 2.75) is 18.7 Å². The fraction of sp³-hybridized carbons (Fsp3) is 0.400. The molecule has 0 radical (unpaired) electrons. The van der Waals surface area contributed by atoms with Crippen LogP contribution >= 0.6 is 10.7 Å². The van der Waals surface area contributed by atoms with Crippen LogP contribution in [-0.2, 0) is 9.05 Å². The highest BCUT2D eigenvalue weighted by molar-refractivity contribution is 8.13. The Bertz CT molecular complexity index is 428. The Hall–Kier alpha value is -0.940. The molecule has 0 aliphatic carbocycles. The predicted octanol–water partition coefficient (Wildman–Crippen LogP) is 2.66. The first kappa shape index (κ1) is 15.1. The summed E-state index contributed by atoms with van der Waals surface area (Å²) in [6.45, 7) is 4.00. The van der Waals surface area contributed by atoms with Gasteiger partial charge in [-0.15, -0.1) is 0 Å². The van der Waals surface area contributed by atoms with Crippen LogP contribution in [0.3, 0.4) is 0 Å². The predicted molar refractivity (Wildman–Crippen MR) is 63.9 cm³/mol. The number of hydrogen-bond donors (Lipinski definition) is 0. The molecule has 0 N–H and O–H groups in total. The minimum absolute atomic E-state index is 0.0168. The van der Waals surface area contributed by atoms with E-state index < -0.39 is 9.05 Å². The Balaban J connectivity index is 0.00000106. The van der Waals surface area contributed by atoms with Gasteiger partial charge in [-0.3, -0.25) is 0 Å². The van der Waals surface area contributed by atoms with Crippen molar-refractivity contribution in [3.05, 3.63) is 18.2 Å². The van der Waals surface area contributed by atoms with Gasteiger partial charge in [0.05, 0.1) is 19.1 Å². The van der Waals surface area contributed by atoms with Gasteiger partial charge in [-0.25, -0.2) is 8.42 Å². The molecular weight excluding hydrogens is 252 g/mol. The highest BCUT2D eigenvalue weighted by Crippen LogP contribution is 2.30. The number of ether oxygens (including phenoxy) is 2. The van der Waals surface area contributed by atoms with Gasteiger partial charge in [-0.2, -0.15) is 0 Å². The second kappa shape index (κ2) is 6.60. The lowest BCUT2D eigenvalue weighted by Gasteiger charge is -2.07. The summed E-state index contributed by atoms with van der Waals surface area (Å²) in [6.07, 6.45) is 0. The van der Waals surface area contributed by atoms with E-state index in [4.69, 9.17) is 20.2 Å². The summed E-state index contributed by atoms with van der Waals surface area (Å²) >= 11 is 0. The number of benzene rings is 1. The maximum atomic E-state index is 11.0. The van der Waals surface area contributed by atoms with Gasteiger partial charge in [-0.05, 0) is 12.1 Å². The van der Waals surface area contributed by atoms with E-state index in [1.54, 1.807) is 0 Å². The molecule has 6 heteroatoms. The third-order valence-electron chi connectivity index (χ3n) is 1.64. The minimum atomic E-state index is -3.72. The third-order valence-corrected chi connectivity index (χ3v) is 2.99. The summed E-state index contributed by atoms with van der Waals surface area (Å²) in [5, 5.41) is 0. The van der Waals surface area contributed by atoms with Crippen LogP contribution in [0.15, 0.2) is 23.1 Å². The van der Waals surface area contributed by atoms with Crippen LogP contribution in [0.2, 0.25) is 0 Å². The maximum Gasteiger partial charge on any atom is 0.261 e. The fourth-order valence-electron chi connectivity index (χ4n) is 0.968. The second-order valence-electron chi connectivity index (χ2n) is 2.45. The smallest absolute Gasteiger partial charge is 0.261 e. The van der Waals surface area contributed by atoms with Crippen LogP contribution in [0.5, 0.6) is 11.5 Å². The zero-order valence-electron chi connectivity index (χ0n) is 9.65. The second-order valence-corrected chi connectivity index (χ2v) is 5.02. The molecule has 1 aromatic carbocycles. The molecule has 0 saturated heterocycles. The molecule has 0 fully saturated rings. The van der Waals surface area contributed by atoms with Crippen molar-refractivity contribution >= 4 is 19.7 Å². The lowest BCUT2D eigenvalue weighted by atomic mass is 10.3. The zero-order valence-corrected chi connectivity index (χ0v) is 11.2. The van der Waals surface area contributed by atoms with E-state index >= 15 is 0 Å². The van der Waals surface area contributed by atoms with Crippen LogP contribution in [0, 0.1) is 0 Å². The summed E-state index contributed by atoms with van der Waals surface area (Å²) in [5.41, 5.74) is 0. The first-order chi connectivity index (χ1) is 7.49. The van der Waals surface area contributed by atoms with Crippen LogP contribution in [0.1, 0.15) is 13.8 Å². The molecule has 1 rings (SSSR count). The number of halogens is 1. The normalized spacial score (nSPS) is 10.1. The molecule has 92 valence electrons. The third kappa shape index (κ3) is 3.90. The van der Waals surface area contributed by atoms with Gasteiger partial charge in [0.2, 0.25) is 0 Å². The largest absolute Gasteiger partial charge is 0.493 e. The van der Waals surface area contributed by atoms with E-state index in [-0.39, 0.29) is 4.90 Å². The Morgan fingerprint density at radius 1 is 1.06 bits per heavy atom. The lowest BCUT2D eigenvalue weighted by Crippen LogP contribution is -1.94. The SMILES string of the molecule is CC.COc1ccc(S(=O)(=O)Cl)cc1OC. The highest BCUT2D eigenvalue weighted by Gasteiger charge is 2.13. The molecule has 0 heterocycles. The Morgan fingerprint density at radius 2 is 1.56 bits per heavy atom. The van der Waals surface area contributed by atoms with Crippen molar-refractivity contribution in [3.8, 4) is 11.5 Å². The van der Waals surface area contributed by atoms with E-state index in [2.05, 4.69) is 0 Å². The summed E-state index contributed by atoms with van der Waals surface area (Å²) in [6, 6.07) is 4.14. The molecule has 0 aromatic heterocycles. The van der Waals surface area contributed by atoms with Crippen molar-refractivity contribution < 1.29 is 17.9 Å². The molecule has 1 aromatic rings. The monoisotopic (exact) mass is 266 g/mol. The van der Waals surface area contributed by atoms with Crippen LogP contribution in [0.4, 0.5) is 0 Å². The molecule has 0 spiro atoms. The molecule has 0 bridgehead atoms. The van der Waals surface area contributed by atoms with E-state index in [0.717, 1.165) is 0 Å². The Kier molecular flexibility index (Phi) is 6.21. The molecule has 16 heavy (non-hydrogen) atoms. The van der Waals surface area contributed by atoms with E-state index in [1.165, 1.54) is 32.4 Å². The molecular formula is C10H15ClO4S. The average molecular weight is 267 g/mol. The van der Waals surface area contributed by atoms with Gasteiger partial charge in [-0.1, -0.05) is 13.8 Å². The van der Waals surface area contributed by atoms with Crippen LogP contribution in [-0.4, -0.2) is 22.6 Å². The molecule has 0 aliphatic rings. The Labute approximate surface area is 101 Å². The quantitative estimate of drug-likeness (QED) is 0.790. The average Bonchev–Trinajstić information content (AvgIpc) is 2.29. The van der Waals surface area contributed by atoms with Crippen molar-refractivity contribution in [1.29, 1.82) is 0 Å². The standard InChI is InChI=1S/C8H9ClO4S.C2H6/c1-12-7-4-3-6(14(9,10)11)5-8(7)13-2;1-2/h3-5H,1-2H3;1-2H3. The topological polar surface area (TPSA) is 52.6 Å². The van der Waals surface area contributed by atoms with E-state index in [9.17, 15) is 8.42 Å². The van der Waals surface area contributed by atoms with Crippen molar-refractivity contribution in [2.75, 3.05) is 14.2 Å². The van der Waals surface area contributed by atoms with Crippen molar-refractivity contribution in [2.24, 2.45) is 0 Å². The first-order valence-corrected chi connectivity index (χ1v) is 6.96.